The molecular formula is C53H62FN9O6. The van der Waals surface area contributed by atoms with E-state index in [4.69, 9.17) is 9.47 Å². The maximum atomic E-state index is 15.1. The van der Waals surface area contributed by atoms with Gasteiger partial charge in [0.1, 0.15) is 23.1 Å². The number of hydrazine groups is 1. The lowest BCUT2D eigenvalue weighted by atomic mass is 9.44. The van der Waals surface area contributed by atoms with E-state index < -0.39 is 11.7 Å². The standard InChI is InChI=1S/C53H62FN9O6/c54-46-11-10-35(26-47-43-8-1-2-9-44(43)50(65)58-56-47)25-45(46)51(66)62-23-21-61(22-24-62)49(64)34-59-17-12-39(13-18-59)68-40-14-19-60(20-15-40)48-28-42(32-55-57-48)69-41-7-3-5-37(27-41)38-6-4-16-63(33-38)52(67)53-29-36(30-53)31-53/h1-3,5,7-11,25,27-28,32,36,38-40,55,57H,4,6,12-24,26,29-31,33-34H2,(H,58,65). The number of carbonyl (C=O) groups is 3. The van der Waals surface area contributed by atoms with Gasteiger partial charge in [0.25, 0.3) is 11.5 Å². The second-order valence-electron chi connectivity index (χ2n) is 20.4. The molecule has 16 heteroatoms. The van der Waals surface area contributed by atoms with Crippen molar-refractivity contribution in [2.24, 2.45) is 11.3 Å². The number of benzene rings is 3. The van der Waals surface area contributed by atoms with Gasteiger partial charge in [-0.1, -0.05) is 36.4 Å². The first-order valence-corrected chi connectivity index (χ1v) is 25.1. The Morgan fingerprint density at radius 3 is 2.28 bits per heavy atom. The van der Waals surface area contributed by atoms with Gasteiger partial charge in [-0.3, -0.25) is 29.5 Å². The van der Waals surface area contributed by atoms with Gasteiger partial charge in [-0.25, -0.2) is 9.49 Å². The molecular weight excluding hydrogens is 878 g/mol. The van der Waals surface area contributed by atoms with Crippen molar-refractivity contribution in [1.29, 1.82) is 0 Å². The van der Waals surface area contributed by atoms with Gasteiger partial charge in [0.15, 0.2) is 0 Å². The SMILES string of the molecule is O=C(CN1CCC(OC2CCN(C3=CC(Oc4cccc(C5CCCN(C(=O)C67CC(C6)C7)C5)c4)=CNN3)CC2)CC1)N1CCN(C(=O)c2cc(Cc3n[nH]c(=O)c4ccccc34)ccc2F)CC1. The van der Waals surface area contributed by atoms with Gasteiger partial charge in [-0.15, -0.1) is 0 Å². The molecule has 2 bridgehead atoms. The zero-order valence-electron chi connectivity index (χ0n) is 39.2. The number of amides is 3. The Bertz CT molecular complexity index is 2700. The first-order valence-electron chi connectivity index (χ1n) is 25.1. The van der Waals surface area contributed by atoms with Crippen LogP contribution in [0.25, 0.3) is 10.8 Å². The van der Waals surface area contributed by atoms with E-state index in [0.29, 0.717) is 73.0 Å². The van der Waals surface area contributed by atoms with Crippen LogP contribution >= 0.6 is 0 Å². The summed E-state index contributed by atoms with van der Waals surface area (Å²) in [6.45, 7) is 6.71. The maximum Gasteiger partial charge on any atom is 0.272 e. The van der Waals surface area contributed by atoms with Gasteiger partial charge in [0.2, 0.25) is 11.8 Å². The minimum absolute atomic E-state index is 0.0143. The van der Waals surface area contributed by atoms with Crippen molar-refractivity contribution in [1.82, 2.24) is 45.5 Å². The second-order valence-corrected chi connectivity index (χ2v) is 20.4. The minimum atomic E-state index is -0.598. The van der Waals surface area contributed by atoms with Crippen LogP contribution in [-0.4, -0.2) is 137 Å². The van der Waals surface area contributed by atoms with Crippen LogP contribution < -0.4 is 21.1 Å². The van der Waals surface area contributed by atoms with Crippen LogP contribution in [0, 0.1) is 17.2 Å². The molecule has 8 aliphatic rings. The largest absolute Gasteiger partial charge is 0.456 e. The van der Waals surface area contributed by atoms with Crippen LogP contribution in [0.4, 0.5) is 4.39 Å². The number of allylic oxidation sites excluding steroid dienone is 1. The number of nitrogens with zero attached hydrogens (tertiary/aromatic N) is 6. The smallest absolute Gasteiger partial charge is 0.272 e. The highest BCUT2D eigenvalue weighted by molar-refractivity contribution is 5.95. The van der Waals surface area contributed by atoms with Crippen molar-refractivity contribution in [3.63, 3.8) is 0 Å². The molecule has 1 aromatic heterocycles. The summed E-state index contributed by atoms with van der Waals surface area (Å²) in [5.74, 6) is 3.04. The number of aromatic amines is 1. The molecule has 12 rings (SSSR count). The van der Waals surface area contributed by atoms with Crippen molar-refractivity contribution < 1.29 is 28.2 Å². The number of likely N-dealkylation sites (tertiary alicyclic amines) is 3. The number of hydrogen-bond acceptors (Lipinski definition) is 11. The summed E-state index contributed by atoms with van der Waals surface area (Å²) in [6, 6.07) is 20.1. The molecule has 15 nitrogen and oxygen atoms in total. The first kappa shape index (κ1) is 45.2. The molecule has 362 valence electrons. The lowest BCUT2D eigenvalue weighted by Crippen LogP contribution is -2.62. The lowest BCUT2D eigenvalue weighted by molar-refractivity contribution is -0.178. The van der Waals surface area contributed by atoms with Crippen molar-refractivity contribution in [2.45, 2.75) is 82.3 Å². The number of halogens is 1. The van der Waals surface area contributed by atoms with E-state index in [-0.39, 0.29) is 34.7 Å². The Morgan fingerprint density at radius 1 is 0.783 bits per heavy atom. The normalized spacial score (nSPS) is 24.4. The number of nitrogens with one attached hydrogen (secondary N) is 3. The van der Waals surface area contributed by atoms with E-state index in [1.165, 1.54) is 11.6 Å². The number of rotatable bonds is 12. The third-order valence-corrected chi connectivity index (χ3v) is 15.8. The number of hydrogen-bond donors (Lipinski definition) is 3. The molecule has 0 spiro atoms. The molecule has 4 aromatic rings. The third kappa shape index (κ3) is 9.57. The number of aromatic nitrogens is 2. The lowest BCUT2D eigenvalue weighted by Gasteiger charge is -2.61. The van der Waals surface area contributed by atoms with Crippen LogP contribution in [-0.2, 0) is 20.7 Å². The summed E-state index contributed by atoms with van der Waals surface area (Å²) in [5, 5.41) is 8.01. The highest BCUT2D eigenvalue weighted by atomic mass is 19.1. The topological polar surface area (TPSA) is 156 Å². The van der Waals surface area contributed by atoms with Gasteiger partial charge >= 0.3 is 0 Å². The molecule has 3 aliphatic carbocycles. The second kappa shape index (κ2) is 19.3. The molecule has 3 N–H and O–H groups in total. The Hall–Kier alpha value is -6.26. The zero-order valence-corrected chi connectivity index (χ0v) is 39.2. The van der Waals surface area contributed by atoms with E-state index in [0.717, 1.165) is 120 Å². The molecule has 5 aliphatic heterocycles. The maximum absolute atomic E-state index is 15.1. The van der Waals surface area contributed by atoms with E-state index in [1.807, 2.05) is 35.4 Å². The predicted molar refractivity (Wildman–Crippen MR) is 257 cm³/mol. The average Bonchev–Trinajstić information content (AvgIpc) is 3.35. The molecule has 3 amide bonds. The van der Waals surface area contributed by atoms with Crippen molar-refractivity contribution in [3.8, 4) is 5.75 Å². The number of piperazine rings is 1. The molecule has 6 heterocycles. The average molecular weight is 940 g/mol. The molecule has 1 atom stereocenters. The van der Waals surface area contributed by atoms with Crippen molar-refractivity contribution >= 4 is 28.5 Å². The number of H-pyrrole nitrogens is 1. The van der Waals surface area contributed by atoms with Crippen LogP contribution in [0.2, 0.25) is 0 Å². The third-order valence-electron chi connectivity index (χ3n) is 15.8. The fourth-order valence-electron chi connectivity index (χ4n) is 11.8. The van der Waals surface area contributed by atoms with Crippen LogP contribution in [0.15, 0.2) is 95.4 Å². The van der Waals surface area contributed by atoms with Crippen LogP contribution in [0.5, 0.6) is 5.75 Å². The number of fused-ring (bicyclic) bond motifs is 1. The Labute approximate surface area is 401 Å². The van der Waals surface area contributed by atoms with Crippen molar-refractivity contribution in [3.05, 3.63) is 129 Å². The Kier molecular flexibility index (Phi) is 12.6. The molecule has 4 saturated heterocycles. The highest BCUT2D eigenvalue weighted by Crippen LogP contribution is 2.65. The first-order chi connectivity index (χ1) is 33.6. The highest BCUT2D eigenvalue weighted by Gasteiger charge is 2.62. The van der Waals surface area contributed by atoms with Gasteiger partial charge in [-0.2, -0.15) is 5.10 Å². The van der Waals surface area contributed by atoms with Gasteiger partial charge in [0, 0.05) is 89.2 Å². The van der Waals surface area contributed by atoms with E-state index >= 15 is 4.39 Å². The zero-order chi connectivity index (χ0) is 47.1. The summed E-state index contributed by atoms with van der Waals surface area (Å²) in [6.07, 6.45) is 13.5. The monoisotopic (exact) mass is 939 g/mol. The van der Waals surface area contributed by atoms with Gasteiger partial charge < -0.3 is 34.5 Å². The summed E-state index contributed by atoms with van der Waals surface area (Å²) in [5.41, 5.74) is 8.73. The number of piperidine rings is 3. The Morgan fingerprint density at radius 2 is 1.52 bits per heavy atom. The van der Waals surface area contributed by atoms with Gasteiger partial charge in [-0.05, 0) is 105 Å². The summed E-state index contributed by atoms with van der Waals surface area (Å²) in [7, 11) is 0. The van der Waals surface area contributed by atoms with E-state index in [1.54, 1.807) is 29.2 Å². The summed E-state index contributed by atoms with van der Waals surface area (Å²) < 4.78 is 28.1. The molecule has 3 aromatic carbocycles. The Balaban J connectivity index is 0.596. The summed E-state index contributed by atoms with van der Waals surface area (Å²) in [4.78, 5) is 62.7. The minimum Gasteiger partial charge on any atom is -0.456 e. The predicted octanol–water partition coefficient (Wildman–Crippen LogP) is 5.26. The fourth-order valence-corrected chi connectivity index (χ4v) is 11.8. The van der Waals surface area contributed by atoms with Crippen molar-refractivity contribution in [2.75, 3.05) is 72.0 Å². The molecule has 7 fully saturated rings. The summed E-state index contributed by atoms with van der Waals surface area (Å²) >= 11 is 0. The molecule has 0 radical (unpaired) electrons. The van der Waals surface area contributed by atoms with Crippen LogP contribution in [0.1, 0.15) is 90.9 Å². The fraction of sp³-hybridized carbons (Fsp3) is 0.491. The molecule has 1 unspecified atom stereocenters. The van der Waals surface area contributed by atoms with Crippen LogP contribution in [0.3, 0.4) is 0 Å². The van der Waals surface area contributed by atoms with E-state index in [9.17, 15) is 19.2 Å². The molecule has 3 saturated carbocycles. The molecule has 69 heavy (non-hydrogen) atoms. The van der Waals surface area contributed by atoms with Gasteiger partial charge in [0.05, 0.1) is 47.0 Å². The number of ether oxygens (including phenoxy) is 2. The quantitative estimate of drug-likeness (QED) is 0.171. The van der Waals surface area contributed by atoms with E-state index in [2.05, 4.69) is 53.9 Å². The number of carbonyl (C=O) groups excluding carboxylic acids is 3.